The van der Waals surface area contributed by atoms with Crippen molar-refractivity contribution in [2.75, 3.05) is 16.8 Å². The molecule has 1 aliphatic heterocycles. The van der Waals surface area contributed by atoms with Gasteiger partial charge in [-0.2, -0.15) is 0 Å². The number of aromatic nitrogens is 3. The molecule has 2 aromatic heterocycles. The summed E-state index contributed by atoms with van der Waals surface area (Å²) in [5.74, 6) is -2.24. The van der Waals surface area contributed by atoms with E-state index in [9.17, 15) is 18.0 Å². The number of hydrogen-bond acceptors (Lipinski definition) is 6. The number of hydrogen-bond donors (Lipinski definition) is 1. The van der Waals surface area contributed by atoms with Crippen LogP contribution in [0, 0.1) is 24.4 Å². The maximum absolute atomic E-state index is 14.9. The number of carbonyl (C=O) groups is 1. The molecule has 179 valence electrons. The van der Waals surface area contributed by atoms with E-state index in [-0.39, 0.29) is 33.9 Å². The summed E-state index contributed by atoms with van der Waals surface area (Å²) in [5.41, 5.74) is 1.25. The Morgan fingerprint density at radius 1 is 1.14 bits per heavy atom. The summed E-state index contributed by atoms with van der Waals surface area (Å²) in [4.78, 5) is 18.9. The molecule has 0 bridgehead atoms. The quantitative estimate of drug-likeness (QED) is 0.427. The van der Waals surface area contributed by atoms with Gasteiger partial charge in [-0.05, 0) is 0 Å². The van der Waals surface area contributed by atoms with Crippen LogP contribution in [0.25, 0.3) is 5.69 Å². The molecular formula is C24H17BF3N6O2. The van der Waals surface area contributed by atoms with Crippen molar-refractivity contribution >= 4 is 42.0 Å². The van der Waals surface area contributed by atoms with E-state index in [0.717, 1.165) is 18.2 Å². The molecule has 4 aromatic rings. The molecule has 0 saturated heterocycles. The predicted octanol–water partition coefficient (Wildman–Crippen LogP) is 4.10. The minimum atomic E-state index is -0.811. The van der Waals surface area contributed by atoms with E-state index in [0.29, 0.717) is 23.6 Å². The van der Waals surface area contributed by atoms with Crippen molar-refractivity contribution in [1.82, 2.24) is 14.9 Å². The summed E-state index contributed by atoms with van der Waals surface area (Å²) >= 11 is 0. The fraction of sp³-hybridized carbons (Fsp3) is 0.125. The van der Waals surface area contributed by atoms with Crippen LogP contribution in [0.2, 0.25) is 0 Å². The van der Waals surface area contributed by atoms with Crippen molar-refractivity contribution < 1.29 is 22.5 Å². The van der Waals surface area contributed by atoms with Gasteiger partial charge in [0.15, 0.2) is 0 Å². The van der Waals surface area contributed by atoms with E-state index < -0.39 is 23.4 Å². The number of anilines is 2. The molecular weight excluding hydrogens is 472 g/mol. The standard InChI is InChI=1S/C24H17BF3N6O2/c1-3-33-22(25)21(30-18-11-29-34(24(18)33)19-5-4-14(26)10-17(19)28)15-8-13(9-16(27)12(15)2)23(35)31-20-6-7-36-32-20/h4-11H,3H2,1-2H3,(H,31,32,35). The van der Waals surface area contributed by atoms with Crippen LogP contribution in [0.4, 0.5) is 30.5 Å². The number of nitrogens with zero attached hydrogens (tertiary/aromatic N) is 5. The number of rotatable bonds is 5. The average molecular weight is 489 g/mol. The average Bonchev–Trinajstić information content (AvgIpc) is 3.50. The predicted molar refractivity (Wildman–Crippen MR) is 129 cm³/mol. The minimum absolute atomic E-state index is 0.0105. The first kappa shape index (κ1) is 23.3. The summed E-state index contributed by atoms with van der Waals surface area (Å²) in [5, 5.41) is 10.4. The molecule has 0 atom stereocenters. The topological polar surface area (TPSA) is 88.5 Å². The van der Waals surface area contributed by atoms with Gasteiger partial charge in [-0.25, -0.2) is 0 Å². The summed E-state index contributed by atoms with van der Waals surface area (Å²) in [6, 6.07) is 7.16. The maximum atomic E-state index is 14.9. The first-order valence-electron chi connectivity index (χ1n) is 10.8. The van der Waals surface area contributed by atoms with Crippen LogP contribution in [0.3, 0.4) is 0 Å². The molecule has 0 aliphatic carbocycles. The zero-order valence-corrected chi connectivity index (χ0v) is 19.1. The van der Waals surface area contributed by atoms with Gasteiger partial charge in [-0.3, -0.25) is 0 Å². The molecule has 0 spiro atoms. The number of aliphatic imine (C=N–C) groups is 1. The van der Waals surface area contributed by atoms with Crippen LogP contribution in [-0.2, 0) is 0 Å². The Balaban J connectivity index is 1.61. The second-order valence-corrected chi connectivity index (χ2v) is 7.92. The molecule has 1 N–H and O–H groups in total. The Morgan fingerprint density at radius 2 is 1.94 bits per heavy atom. The summed E-state index contributed by atoms with van der Waals surface area (Å²) in [7, 11) is 6.48. The van der Waals surface area contributed by atoms with Gasteiger partial charge in [-0.1, -0.05) is 0 Å². The van der Waals surface area contributed by atoms with Crippen molar-refractivity contribution in [2.24, 2.45) is 4.99 Å². The van der Waals surface area contributed by atoms with Gasteiger partial charge in [0.1, 0.15) is 0 Å². The third kappa shape index (κ3) is 3.90. The van der Waals surface area contributed by atoms with Crippen LogP contribution in [-0.4, -0.2) is 46.2 Å². The van der Waals surface area contributed by atoms with Gasteiger partial charge in [0.2, 0.25) is 0 Å². The molecule has 5 rings (SSSR count). The third-order valence-corrected chi connectivity index (χ3v) is 5.74. The zero-order valence-electron chi connectivity index (χ0n) is 19.1. The van der Waals surface area contributed by atoms with E-state index in [2.05, 4.69) is 20.6 Å². The number of nitrogens with one attached hydrogen (secondary N) is 1. The van der Waals surface area contributed by atoms with Gasteiger partial charge in [0, 0.05) is 0 Å². The van der Waals surface area contributed by atoms with E-state index in [4.69, 9.17) is 12.0 Å². The van der Waals surface area contributed by atoms with Gasteiger partial charge in [0.05, 0.1) is 0 Å². The Labute approximate surface area is 204 Å². The molecule has 3 heterocycles. The Kier molecular flexibility index (Phi) is 5.79. The molecule has 0 saturated carbocycles. The van der Waals surface area contributed by atoms with Gasteiger partial charge < -0.3 is 0 Å². The van der Waals surface area contributed by atoms with Crippen LogP contribution in [0.5, 0.6) is 0 Å². The van der Waals surface area contributed by atoms with Crippen LogP contribution in [0.1, 0.15) is 28.4 Å². The molecule has 0 fully saturated rings. The van der Waals surface area contributed by atoms with Gasteiger partial charge >= 0.3 is 204 Å². The van der Waals surface area contributed by atoms with E-state index in [1.54, 1.807) is 11.8 Å². The molecule has 2 aromatic carbocycles. The van der Waals surface area contributed by atoms with Crippen LogP contribution < -0.4 is 10.2 Å². The van der Waals surface area contributed by atoms with Crippen molar-refractivity contribution in [3.8, 4) is 5.69 Å². The van der Waals surface area contributed by atoms with E-state index >= 15 is 0 Å². The molecule has 1 amide bonds. The van der Waals surface area contributed by atoms with Crippen LogP contribution in [0.15, 0.2) is 58.4 Å². The van der Waals surface area contributed by atoms with E-state index in [1.165, 1.54) is 35.3 Å². The second-order valence-electron chi connectivity index (χ2n) is 7.92. The monoisotopic (exact) mass is 489 g/mol. The van der Waals surface area contributed by atoms with E-state index in [1.807, 2.05) is 6.92 Å². The van der Waals surface area contributed by atoms with Crippen LogP contribution >= 0.6 is 0 Å². The van der Waals surface area contributed by atoms with Gasteiger partial charge in [0.25, 0.3) is 0 Å². The number of fused-ring (bicyclic) bond motifs is 1. The van der Waals surface area contributed by atoms with Gasteiger partial charge in [-0.15, -0.1) is 0 Å². The summed E-state index contributed by atoms with van der Waals surface area (Å²) in [6.45, 7) is 3.69. The Morgan fingerprint density at radius 3 is 2.64 bits per heavy atom. The van der Waals surface area contributed by atoms with Crippen molar-refractivity contribution in [2.45, 2.75) is 13.8 Å². The molecule has 12 heteroatoms. The van der Waals surface area contributed by atoms with Crippen molar-refractivity contribution in [1.29, 1.82) is 0 Å². The number of amides is 1. The second kappa shape index (κ2) is 8.95. The number of carbonyl (C=O) groups excluding carboxylic acids is 1. The summed E-state index contributed by atoms with van der Waals surface area (Å²) in [6.07, 6.45) is 2.69. The van der Waals surface area contributed by atoms with Crippen molar-refractivity contribution in [3.63, 3.8) is 0 Å². The number of likely N-dealkylation sites (N-methyl/N-ethyl adjacent to an activating group) is 1. The molecule has 0 unspecified atom stereocenters. The SMILES string of the molecule is [B]=C1C(c2cc(C(=O)Nc3ccon3)cc(F)c2C)=Nc2cnn(-c3ccc(F)cc3F)c2N1CC. The Bertz CT molecular complexity index is 1550. The fourth-order valence-corrected chi connectivity index (χ4v) is 3.95. The fourth-order valence-electron chi connectivity index (χ4n) is 3.95. The Hall–Kier alpha value is -4.48. The molecule has 36 heavy (non-hydrogen) atoms. The summed E-state index contributed by atoms with van der Waals surface area (Å²) < 4.78 is 48.9. The van der Waals surface area contributed by atoms with Crippen molar-refractivity contribution in [3.05, 3.63) is 83.0 Å². The zero-order chi connectivity index (χ0) is 25.6. The third-order valence-electron chi connectivity index (χ3n) is 5.74. The number of halogens is 3. The molecule has 1 radical (unpaired) electrons. The number of benzene rings is 2. The normalized spacial score (nSPS) is 12.9. The molecule has 8 nitrogen and oxygen atoms in total. The first-order chi connectivity index (χ1) is 17.3. The first-order valence-corrected chi connectivity index (χ1v) is 10.8. The molecule has 1 aliphatic rings.